The zero-order chi connectivity index (χ0) is 18.0. The van der Waals surface area contributed by atoms with E-state index in [0.717, 1.165) is 18.5 Å². The first-order valence-corrected chi connectivity index (χ1v) is 8.17. The molecule has 0 spiro atoms. The lowest BCUT2D eigenvalue weighted by Gasteiger charge is -2.13. The lowest BCUT2D eigenvalue weighted by Crippen LogP contribution is -2.39. The van der Waals surface area contributed by atoms with Gasteiger partial charge in [0, 0.05) is 39.4 Å². The molecule has 4 nitrogen and oxygen atoms in total. The molecule has 144 valence electrons. The molecule has 0 saturated carbocycles. The van der Waals surface area contributed by atoms with Gasteiger partial charge in [0.25, 0.3) is 0 Å². The Morgan fingerprint density at radius 2 is 1.76 bits per heavy atom. The van der Waals surface area contributed by atoms with Crippen molar-refractivity contribution in [1.29, 1.82) is 0 Å². The fraction of sp³-hybridized carbons (Fsp3) is 0.588. The van der Waals surface area contributed by atoms with E-state index in [1.807, 2.05) is 25.9 Å². The first-order valence-electron chi connectivity index (χ1n) is 8.17. The quantitative estimate of drug-likeness (QED) is 0.262. The molecule has 0 aliphatic rings. The maximum absolute atomic E-state index is 12.2. The van der Waals surface area contributed by atoms with Crippen molar-refractivity contribution < 1.29 is 13.2 Å². The Labute approximate surface area is 165 Å². The van der Waals surface area contributed by atoms with Crippen LogP contribution in [0.3, 0.4) is 0 Å². The fourth-order valence-corrected chi connectivity index (χ4v) is 2.10. The third-order valence-corrected chi connectivity index (χ3v) is 3.39. The molecule has 1 rings (SSSR count). The Morgan fingerprint density at radius 1 is 1.12 bits per heavy atom. The molecule has 0 radical (unpaired) electrons. The minimum absolute atomic E-state index is 0. The van der Waals surface area contributed by atoms with E-state index >= 15 is 0 Å². The molecule has 0 unspecified atom stereocenters. The smallest absolute Gasteiger partial charge is 0.378 e. The third-order valence-electron chi connectivity index (χ3n) is 3.39. The molecule has 8 heteroatoms. The van der Waals surface area contributed by atoms with Gasteiger partial charge in [-0.2, -0.15) is 13.2 Å². The molecule has 1 aromatic carbocycles. The minimum atomic E-state index is -4.15. The van der Waals surface area contributed by atoms with Crippen LogP contribution in [-0.4, -0.2) is 45.9 Å². The molecule has 25 heavy (non-hydrogen) atoms. The molecule has 0 saturated heterocycles. The molecular formula is C17H28F3IN4. The highest BCUT2D eigenvalue weighted by atomic mass is 127. The number of halogens is 4. The predicted molar refractivity (Wildman–Crippen MR) is 109 cm³/mol. The lowest BCUT2D eigenvalue weighted by molar-refractivity contribution is -0.132. The van der Waals surface area contributed by atoms with Crippen LogP contribution in [0.2, 0.25) is 0 Å². The lowest BCUT2D eigenvalue weighted by atomic mass is 10.1. The van der Waals surface area contributed by atoms with Gasteiger partial charge >= 0.3 is 6.18 Å². The minimum Gasteiger partial charge on any atom is -0.378 e. The summed E-state index contributed by atoms with van der Waals surface area (Å²) >= 11 is 0. The first-order chi connectivity index (χ1) is 11.3. The van der Waals surface area contributed by atoms with E-state index in [0.29, 0.717) is 19.0 Å². The third kappa shape index (κ3) is 11.1. The summed E-state index contributed by atoms with van der Waals surface area (Å²) in [5.74, 6) is 0.435. The van der Waals surface area contributed by atoms with Crippen molar-refractivity contribution in [1.82, 2.24) is 10.6 Å². The number of guanidine groups is 1. The molecule has 0 atom stereocenters. The standard InChI is InChI=1S/C17H27F3N4.HI/c1-4-21-16(23-13-11-17(18,19)20)22-12-5-6-14-7-9-15(10-8-14)24(2)3;/h7-10H,4-6,11-13H2,1-3H3,(H2,21,22,23);1H. The molecular weight excluding hydrogens is 444 g/mol. The summed E-state index contributed by atoms with van der Waals surface area (Å²) in [4.78, 5) is 6.36. The number of anilines is 1. The van der Waals surface area contributed by atoms with E-state index in [-0.39, 0.29) is 30.5 Å². The van der Waals surface area contributed by atoms with Crippen molar-refractivity contribution in [2.75, 3.05) is 38.6 Å². The highest BCUT2D eigenvalue weighted by Gasteiger charge is 2.26. The predicted octanol–water partition coefficient (Wildman–Crippen LogP) is 3.81. The van der Waals surface area contributed by atoms with E-state index < -0.39 is 12.6 Å². The second-order valence-corrected chi connectivity index (χ2v) is 5.72. The Morgan fingerprint density at radius 3 is 2.28 bits per heavy atom. The number of benzene rings is 1. The van der Waals surface area contributed by atoms with Crippen LogP contribution < -0.4 is 15.5 Å². The Bertz CT molecular complexity index is 502. The molecule has 0 fully saturated rings. The molecule has 0 bridgehead atoms. The van der Waals surface area contributed by atoms with Gasteiger partial charge in [0.05, 0.1) is 6.42 Å². The second-order valence-electron chi connectivity index (χ2n) is 5.72. The van der Waals surface area contributed by atoms with Crippen LogP contribution in [0.1, 0.15) is 25.3 Å². The molecule has 1 aromatic rings. The number of nitrogens with one attached hydrogen (secondary N) is 2. The summed E-state index contributed by atoms with van der Waals surface area (Å²) in [6.45, 7) is 2.90. The normalized spacial score (nSPS) is 11.7. The van der Waals surface area contributed by atoms with Crippen LogP contribution in [0.15, 0.2) is 29.3 Å². The van der Waals surface area contributed by atoms with Crippen LogP contribution in [-0.2, 0) is 6.42 Å². The monoisotopic (exact) mass is 472 g/mol. The largest absolute Gasteiger partial charge is 0.390 e. The maximum atomic E-state index is 12.2. The number of hydrogen-bond donors (Lipinski definition) is 2. The molecule has 0 amide bonds. The zero-order valence-electron chi connectivity index (χ0n) is 15.0. The summed E-state index contributed by atoms with van der Waals surface area (Å²) in [6.07, 6.45) is -3.28. The van der Waals surface area contributed by atoms with Crippen molar-refractivity contribution in [2.45, 2.75) is 32.4 Å². The van der Waals surface area contributed by atoms with Crippen LogP contribution in [0, 0.1) is 0 Å². The van der Waals surface area contributed by atoms with Gasteiger partial charge in [0.2, 0.25) is 0 Å². The first kappa shape index (κ1) is 23.8. The van der Waals surface area contributed by atoms with Gasteiger partial charge < -0.3 is 15.5 Å². The highest BCUT2D eigenvalue weighted by Crippen LogP contribution is 2.18. The van der Waals surface area contributed by atoms with Gasteiger partial charge in [-0.3, -0.25) is 4.99 Å². The number of nitrogens with zero attached hydrogens (tertiary/aromatic N) is 2. The maximum Gasteiger partial charge on any atom is 0.390 e. The number of hydrogen-bond acceptors (Lipinski definition) is 2. The van der Waals surface area contributed by atoms with Crippen molar-refractivity contribution in [3.63, 3.8) is 0 Å². The average molecular weight is 472 g/mol. The molecule has 0 aliphatic carbocycles. The molecule has 0 aromatic heterocycles. The highest BCUT2D eigenvalue weighted by molar-refractivity contribution is 14.0. The van der Waals surface area contributed by atoms with Crippen molar-refractivity contribution in [3.05, 3.63) is 29.8 Å². The van der Waals surface area contributed by atoms with Crippen LogP contribution in [0.5, 0.6) is 0 Å². The summed E-state index contributed by atoms with van der Waals surface area (Å²) in [5, 5.41) is 5.66. The van der Waals surface area contributed by atoms with Gasteiger partial charge in [-0.05, 0) is 37.5 Å². The van der Waals surface area contributed by atoms with E-state index in [4.69, 9.17) is 0 Å². The van der Waals surface area contributed by atoms with Crippen LogP contribution >= 0.6 is 24.0 Å². The topological polar surface area (TPSA) is 39.7 Å². The fourth-order valence-electron chi connectivity index (χ4n) is 2.10. The Balaban J connectivity index is 0.00000576. The number of aryl methyl sites for hydroxylation is 1. The second kappa shape index (κ2) is 12.2. The van der Waals surface area contributed by atoms with Gasteiger partial charge in [-0.1, -0.05) is 12.1 Å². The number of alkyl halides is 3. The van der Waals surface area contributed by atoms with Crippen molar-refractivity contribution in [3.8, 4) is 0 Å². The van der Waals surface area contributed by atoms with Crippen LogP contribution in [0.4, 0.5) is 18.9 Å². The molecule has 0 heterocycles. The molecule has 2 N–H and O–H groups in total. The number of rotatable bonds is 8. The van der Waals surface area contributed by atoms with Crippen molar-refractivity contribution >= 4 is 35.6 Å². The van der Waals surface area contributed by atoms with Gasteiger partial charge in [0.15, 0.2) is 5.96 Å². The van der Waals surface area contributed by atoms with Gasteiger partial charge in [-0.25, -0.2) is 0 Å². The zero-order valence-corrected chi connectivity index (χ0v) is 17.3. The summed E-state index contributed by atoms with van der Waals surface area (Å²) < 4.78 is 36.5. The average Bonchev–Trinajstić information content (AvgIpc) is 2.50. The number of aliphatic imine (C=N–C) groups is 1. The Hall–Kier alpha value is -1.19. The summed E-state index contributed by atoms with van der Waals surface area (Å²) in [6, 6.07) is 8.32. The SMILES string of the molecule is CCNC(=NCCCc1ccc(N(C)C)cc1)NCCC(F)(F)F.I. The summed E-state index contributed by atoms with van der Waals surface area (Å²) in [5.41, 5.74) is 2.38. The molecule has 0 aliphatic heterocycles. The van der Waals surface area contributed by atoms with Gasteiger partial charge in [-0.15, -0.1) is 24.0 Å². The van der Waals surface area contributed by atoms with E-state index in [2.05, 4.69) is 39.9 Å². The van der Waals surface area contributed by atoms with E-state index in [1.54, 1.807) is 0 Å². The summed E-state index contributed by atoms with van der Waals surface area (Å²) in [7, 11) is 4.00. The van der Waals surface area contributed by atoms with Gasteiger partial charge in [0.1, 0.15) is 0 Å². The van der Waals surface area contributed by atoms with Crippen LogP contribution in [0.25, 0.3) is 0 Å². The van der Waals surface area contributed by atoms with Crippen molar-refractivity contribution in [2.24, 2.45) is 4.99 Å². The van der Waals surface area contributed by atoms with E-state index in [1.165, 1.54) is 5.56 Å². The van der Waals surface area contributed by atoms with E-state index in [9.17, 15) is 13.2 Å². The Kier molecular flexibility index (Phi) is 11.6.